The van der Waals surface area contributed by atoms with Crippen LogP contribution in [0.3, 0.4) is 0 Å². The minimum absolute atomic E-state index is 0. The molecule has 1 unspecified atom stereocenters. The van der Waals surface area contributed by atoms with Crippen LogP contribution in [0.15, 0.2) is 33.6 Å². The van der Waals surface area contributed by atoms with E-state index in [0.29, 0.717) is 23.5 Å². The molecule has 3 aromatic rings. The lowest BCUT2D eigenvalue weighted by Gasteiger charge is -2.12. The summed E-state index contributed by atoms with van der Waals surface area (Å²) in [6.45, 7) is 3.46. The van der Waals surface area contributed by atoms with Crippen molar-refractivity contribution in [3.63, 3.8) is 0 Å². The molecule has 2 heterocycles. The zero-order valence-corrected chi connectivity index (χ0v) is 20.0. The number of halogens is 3. The summed E-state index contributed by atoms with van der Waals surface area (Å²) in [6, 6.07) is 3.87. The maximum Gasteiger partial charge on any atom is 0.260 e. The quantitative estimate of drug-likeness (QED) is 0.475. The Morgan fingerprint density at radius 2 is 2.00 bits per heavy atom. The van der Waals surface area contributed by atoms with Gasteiger partial charge in [-0.15, -0.1) is 12.4 Å². The van der Waals surface area contributed by atoms with E-state index in [1.165, 1.54) is 29.9 Å². The van der Waals surface area contributed by atoms with Gasteiger partial charge in [-0.05, 0) is 44.5 Å². The summed E-state index contributed by atoms with van der Waals surface area (Å²) < 4.78 is 35.4. The van der Waals surface area contributed by atoms with Gasteiger partial charge in [-0.2, -0.15) is 4.98 Å². The second kappa shape index (κ2) is 11.4. The molecule has 1 aromatic carbocycles. The van der Waals surface area contributed by atoms with Crippen LogP contribution in [-0.4, -0.2) is 46.7 Å². The van der Waals surface area contributed by atoms with Gasteiger partial charge in [0, 0.05) is 30.9 Å². The molecule has 0 aliphatic rings. The van der Waals surface area contributed by atoms with Crippen LogP contribution in [0.5, 0.6) is 0 Å². The largest absolute Gasteiger partial charge is 0.354 e. The van der Waals surface area contributed by atoms with Gasteiger partial charge < -0.3 is 10.6 Å². The summed E-state index contributed by atoms with van der Waals surface area (Å²) in [6.07, 6.45) is 4.29. The summed E-state index contributed by atoms with van der Waals surface area (Å²) in [5, 5.41) is 6.66. The lowest BCUT2D eigenvalue weighted by Crippen LogP contribution is -2.21. The van der Waals surface area contributed by atoms with Crippen LogP contribution in [0.2, 0.25) is 0 Å². The Kier molecular flexibility index (Phi) is 9.23. The second-order valence-electron chi connectivity index (χ2n) is 7.01. The van der Waals surface area contributed by atoms with E-state index in [4.69, 9.17) is 0 Å². The highest BCUT2D eigenvalue weighted by atomic mass is 35.5. The third-order valence-electron chi connectivity index (χ3n) is 4.85. The molecule has 1 atom stereocenters. The fourth-order valence-electron chi connectivity index (χ4n) is 3.07. The molecule has 3 rings (SSSR count). The molecule has 7 nitrogen and oxygen atoms in total. The highest BCUT2D eigenvalue weighted by molar-refractivity contribution is 7.86. The maximum atomic E-state index is 15.2. The fourth-order valence-corrected chi connectivity index (χ4v) is 3.67. The van der Waals surface area contributed by atoms with E-state index in [0.717, 1.165) is 24.8 Å². The van der Waals surface area contributed by atoms with Crippen LogP contribution in [0.25, 0.3) is 22.2 Å². The molecule has 0 aliphatic heterocycles. The van der Waals surface area contributed by atoms with E-state index in [1.807, 2.05) is 20.2 Å². The van der Waals surface area contributed by atoms with Gasteiger partial charge >= 0.3 is 0 Å². The number of benzene rings is 1. The molecule has 0 saturated heterocycles. The van der Waals surface area contributed by atoms with Crippen molar-refractivity contribution in [1.82, 2.24) is 19.9 Å². The molecular weight excluding hydrogens is 458 g/mol. The zero-order valence-electron chi connectivity index (χ0n) is 18.4. The van der Waals surface area contributed by atoms with E-state index >= 15 is 4.39 Å². The number of rotatable bonds is 8. The van der Waals surface area contributed by atoms with Crippen molar-refractivity contribution in [2.24, 2.45) is 11.4 Å². The summed E-state index contributed by atoms with van der Waals surface area (Å²) in [5.41, 5.74) is -0.599. The molecule has 174 valence electrons. The molecule has 2 N–H and O–H groups in total. The topological polar surface area (TPSA) is 84.2 Å². The van der Waals surface area contributed by atoms with Gasteiger partial charge in [0.05, 0.1) is 11.1 Å². The molecule has 0 amide bonds. The third-order valence-corrected chi connectivity index (χ3v) is 6.19. The van der Waals surface area contributed by atoms with Crippen LogP contribution in [0.4, 0.5) is 20.4 Å². The Morgan fingerprint density at radius 3 is 2.69 bits per heavy atom. The smallest absolute Gasteiger partial charge is 0.260 e. The van der Waals surface area contributed by atoms with Crippen molar-refractivity contribution in [3.05, 3.63) is 46.4 Å². The van der Waals surface area contributed by atoms with Gasteiger partial charge in [-0.1, -0.05) is 17.6 Å². The third kappa shape index (κ3) is 5.48. The lowest BCUT2D eigenvalue weighted by atomic mass is 10.0. The minimum Gasteiger partial charge on any atom is -0.354 e. The first-order chi connectivity index (χ1) is 14.9. The Labute approximate surface area is 194 Å². The molecule has 0 spiro atoms. The SMILES string of the molecule is CCS(C)=Nc1ccc(F)c(-c2cc3cnc(NCCCNC)nc3n(C)c2=O)c1F.Cl. The number of pyridine rings is 1. The van der Waals surface area contributed by atoms with Crippen molar-refractivity contribution in [2.75, 3.05) is 37.5 Å². The molecule has 0 bridgehead atoms. The van der Waals surface area contributed by atoms with Gasteiger partial charge in [0.2, 0.25) is 5.95 Å². The number of aryl methyl sites for hydroxylation is 1. The van der Waals surface area contributed by atoms with Crippen molar-refractivity contribution in [3.8, 4) is 11.1 Å². The molecular formula is C21H27ClF2N6OS. The Balaban J connectivity index is 0.00000363. The predicted octanol–water partition coefficient (Wildman–Crippen LogP) is 3.80. The van der Waals surface area contributed by atoms with Crippen LogP contribution in [0, 0.1) is 11.6 Å². The van der Waals surface area contributed by atoms with Crippen molar-refractivity contribution < 1.29 is 8.78 Å². The number of nitrogens with zero attached hydrogens (tertiary/aromatic N) is 4. The zero-order chi connectivity index (χ0) is 22.5. The van der Waals surface area contributed by atoms with Gasteiger partial charge in [0.1, 0.15) is 17.2 Å². The van der Waals surface area contributed by atoms with Crippen LogP contribution < -0.4 is 16.2 Å². The van der Waals surface area contributed by atoms with E-state index in [-0.39, 0.29) is 29.2 Å². The molecule has 2 aromatic heterocycles. The Morgan fingerprint density at radius 1 is 1.25 bits per heavy atom. The first kappa shape index (κ1) is 25.8. The summed E-state index contributed by atoms with van der Waals surface area (Å²) >= 11 is 0. The molecule has 0 radical (unpaired) electrons. The molecule has 32 heavy (non-hydrogen) atoms. The maximum absolute atomic E-state index is 15.2. The molecule has 0 saturated carbocycles. The standard InChI is InChI=1S/C21H26F2N6OS.ClH/c1-5-31(4)28-16-8-7-15(22)17(18(16)23)14-11-13-12-26-21(25-10-6-9-24-2)27-19(13)29(3)20(14)30;/h7-8,11-12,24H,5-6,9-10H2,1-4H3,(H,25,26,27);1H. The van der Waals surface area contributed by atoms with Gasteiger partial charge in [0.25, 0.3) is 5.56 Å². The average molecular weight is 485 g/mol. The summed E-state index contributed by atoms with van der Waals surface area (Å²) in [4.78, 5) is 21.7. The first-order valence-corrected chi connectivity index (χ1v) is 11.7. The predicted molar refractivity (Wildman–Crippen MR) is 130 cm³/mol. The number of hydrogen-bond donors (Lipinski definition) is 2. The molecule has 11 heteroatoms. The summed E-state index contributed by atoms with van der Waals surface area (Å²) in [5.74, 6) is -0.525. The average Bonchev–Trinajstić information content (AvgIpc) is 2.76. The number of nitrogens with one attached hydrogen (secondary N) is 2. The lowest BCUT2D eigenvalue weighted by molar-refractivity contribution is 0.590. The fraction of sp³-hybridized carbons (Fsp3) is 0.381. The Bertz CT molecular complexity index is 1200. The number of hydrogen-bond acceptors (Lipinski definition) is 6. The first-order valence-electron chi connectivity index (χ1n) is 9.95. The van der Waals surface area contributed by atoms with E-state index in [2.05, 4.69) is 25.0 Å². The monoisotopic (exact) mass is 484 g/mol. The number of aromatic nitrogens is 3. The van der Waals surface area contributed by atoms with E-state index in [1.54, 1.807) is 0 Å². The van der Waals surface area contributed by atoms with Gasteiger partial charge in [-0.3, -0.25) is 9.36 Å². The van der Waals surface area contributed by atoms with E-state index < -0.39 is 27.9 Å². The molecule has 0 aliphatic carbocycles. The van der Waals surface area contributed by atoms with Crippen molar-refractivity contribution >= 4 is 45.8 Å². The number of fused-ring (bicyclic) bond motifs is 1. The van der Waals surface area contributed by atoms with Gasteiger partial charge in [-0.25, -0.2) is 18.1 Å². The molecule has 0 fully saturated rings. The normalized spacial score (nSPS) is 12.1. The number of anilines is 1. The van der Waals surface area contributed by atoms with Gasteiger partial charge in [0.15, 0.2) is 5.82 Å². The second-order valence-corrected chi connectivity index (χ2v) is 8.98. The van der Waals surface area contributed by atoms with Crippen LogP contribution in [0.1, 0.15) is 13.3 Å². The minimum atomic E-state index is -0.840. The van der Waals surface area contributed by atoms with Crippen molar-refractivity contribution in [2.45, 2.75) is 13.3 Å². The van der Waals surface area contributed by atoms with Crippen molar-refractivity contribution in [1.29, 1.82) is 0 Å². The Hall–Kier alpha value is -2.43. The highest BCUT2D eigenvalue weighted by Gasteiger charge is 2.20. The highest BCUT2D eigenvalue weighted by Crippen LogP contribution is 2.32. The van der Waals surface area contributed by atoms with Crippen LogP contribution >= 0.6 is 12.4 Å². The van der Waals surface area contributed by atoms with Crippen LogP contribution in [-0.2, 0) is 17.7 Å². The van der Waals surface area contributed by atoms with E-state index in [9.17, 15) is 9.18 Å². The summed E-state index contributed by atoms with van der Waals surface area (Å²) in [7, 11) is 3.00.